The fraction of sp³-hybridized carbons (Fsp3) is 0.385. The van der Waals surface area contributed by atoms with Crippen LogP contribution in [0.3, 0.4) is 0 Å². The van der Waals surface area contributed by atoms with Gasteiger partial charge in [-0.3, -0.25) is 0 Å². The van der Waals surface area contributed by atoms with E-state index in [2.05, 4.69) is 55.2 Å². The van der Waals surface area contributed by atoms with E-state index in [4.69, 9.17) is 9.47 Å². The molecule has 4 aromatic rings. The molecule has 4 aromatic carbocycles. The van der Waals surface area contributed by atoms with Crippen LogP contribution in [0, 0.1) is 15.4 Å². The Balaban J connectivity index is 1.64. The normalized spacial score (nSPS) is 12.4. The molecular formula is C39H44F3IO3Sn. The maximum absolute atomic E-state index is 14.1. The zero-order valence-corrected chi connectivity index (χ0v) is 32.4. The van der Waals surface area contributed by atoms with E-state index in [9.17, 15) is 18.3 Å². The van der Waals surface area contributed by atoms with Crippen molar-refractivity contribution in [3.63, 3.8) is 0 Å². The molecule has 1 atom stereocenters. The predicted molar refractivity (Wildman–Crippen MR) is 198 cm³/mol. The number of aliphatic hydroxyl groups is 1. The van der Waals surface area contributed by atoms with Crippen molar-refractivity contribution in [3.8, 4) is 29.1 Å². The summed E-state index contributed by atoms with van der Waals surface area (Å²) in [6.07, 6.45) is 0.577. The van der Waals surface area contributed by atoms with Crippen molar-refractivity contribution in [3.05, 3.63) is 93.6 Å². The fourth-order valence-electron chi connectivity index (χ4n) is 6.01. The number of fused-ring (bicyclic) bond motifs is 1. The van der Waals surface area contributed by atoms with E-state index < -0.39 is 36.2 Å². The standard InChI is InChI=1S/C27H17F3IO3.3C4H9.Sn/c28-27(29,30)20-11-14-22(15-12-20)34-24-8-4-2-6-19(24)9-13-21(32)17-33-25-16-10-18-5-1-3-7-23(18)26(25)31;3*1-3-4-2;/h1-8,10-12,14,16,21,32H,17H2;3*1,3-4H2,2H3;. The molecule has 3 nitrogen and oxygen atoms in total. The molecule has 0 aliphatic heterocycles. The van der Waals surface area contributed by atoms with Gasteiger partial charge in [0, 0.05) is 0 Å². The van der Waals surface area contributed by atoms with E-state index in [1.54, 1.807) is 12.1 Å². The van der Waals surface area contributed by atoms with Crippen molar-refractivity contribution in [2.24, 2.45) is 0 Å². The minimum atomic E-state index is -4.43. The molecule has 47 heavy (non-hydrogen) atoms. The van der Waals surface area contributed by atoms with Crippen LogP contribution in [0.25, 0.3) is 10.8 Å². The topological polar surface area (TPSA) is 38.7 Å². The van der Waals surface area contributed by atoms with Crippen LogP contribution in [0.5, 0.6) is 17.2 Å². The van der Waals surface area contributed by atoms with E-state index in [0.29, 0.717) is 22.8 Å². The molecule has 250 valence electrons. The summed E-state index contributed by atoms with van der Waals surface area (Å²) >= 11 is -1.13. The molecule has 0 saturated heterocycles. The van der Waals surface area contributed by atoms with E-state index >= 15 is 0 Å². The zero-order chi connectivity index (χ0) is 33.9. The Morgan fingerprint density at radius 2 is 1.40 bits per heavy atom. The summed E-state index contributed by atoms with van der Waals surface area (Å²) in [4.78, 5) is 0. The molecule has 1 N–H and O–H groups in total. The number of halogens is 4. The summed E-state index contributed by atoms with van der Waals surface area (Å²) in [6.45, 7) is 6.43. The molecule has 0 aromatic heterocycles. The number of alkyl halides is 3. The number of aliphatic hydroxyl groups excluding tert-OH is 1. The number of hydrogen-bond donors (Lipinski definition) is 1. The first-order chi connectivity index (χ1) is 22.6. The Hall–Kier alpha value is -2.42. The predicted octanol–water partition coefficient (Wildman–Crippen LogP) is 11.1. The molecule has 0 spiro atoms. The van der Waals surface area contributed by atoms with Gasteiger partial charge in [-0.1, -0.05) is 30.3 Å². The monoisotopic (exact) mass is 864 g/mol. The molecule has 0 amide bonds. The number of hydrogen-bond acceptors (Lipinski definition) is 3. The van der Waals surface area contributed by atoms with Gasteiger partial charge in [0.2, 0.25) is 0 Å². The third-order valence-electron chi connectivity index (χ3n) is 8.61. The molecule has 0 aliphatic rings. The molecule has 0 aliphatic carbocycles. The molecule has 0 fully saturated rings. The Labute approximate surface area is 295 Å². The van der Waals surface area contributed by atoms with E-state index in [1.807, 2.05) is 48.5 Å². The van der Waals surface area contributed by atoms with Crippen molar-refractivity contribution < 1.29 is 27.8 Å². The van der Waals surface area contributed by atoms with Gasteiger partial charge in [0.05, 0.1) is 0 Å². The van der Waals surface area contributed by atoms with Gasteiger partial charge in [-0.2, -0.15) is 0 Å². The van der Waals surface area contributed by atoms with E-state index in [1.165, 1.54) is 12.1 Å². The minimum Gasteiger partial charge on any atom is -0.0616 e. The van der Waals surface area contributed by atoms with Crippen molar-refractivity contribution in [2.75, 3.05) is 6.61 Å². The van der Waals surface area contributed by atoms with Crippen LogP contribution >= 0.6 is 22.6 Å². The number of unbranched alkanes of at least 4 members (excludes halogenated alkanes) is 3. The maximum atomic E-state index is 14.1. The van der Waals surface area contributed by atoms with Crippen molar-refractivity contribution >= 4 is 55.3 Å². The third kappa shape index (κ3) is 10.1. The van der Waals surface area contributed by atoms with Gasteiger partial charge >= 0.3 is 234 Å². The van der Waals surface area contributed by atoms with Gasteiger partial charge in [-0.05, 0) is 33.4 Å². The van der Waals surface area contributed by atoms with Gasteiger partial charge in [0.25, 0.3) is 0 Å². The molecule has 8 heteroatoms. The van der Waals surface area contributed by atoms with Gasteiger partial charge in [-0.25, -0.2) is 0 Å². The Kier molecular flexibility index (Phi) is 14.2. The summed E-state index contributed by atoms with van der Waals surface area (Å²) in [5.41, 5.74) is -0.0585. The van der Waals surface area contributed by atoms with Crippen LogP contribution in [-0.4, -0.2) is 36.2 Å². The van der Waals surface area contributed by atoms with Crippen LogP contribution in [0.4, 0.5) is 13.2 Å². The van der Waals surface area contributed by atoms with Gasteiger partial charge < -0.3 is 0 Å². The first-order valence-corrected chi connectivity index (χ1v) is 25.2. The molecule has 0 heterocycles. The molecule has 4 rings (SSSR count). The molecule has 0 saturated carbocycles. The average molecular weight is 863 g/mol. The third-order valence-corrected chi connectivity index (χ3v) is 25.3. The van der Waals surface area contributed by atoms with E-state index in [0.717, 1.165) is 75.8 Å². The summed E-state index contributed by atoms with van der Waals surface area (Å²) in [7, 11) is 0. The van der Waals surface area contributed by atoms with Crippen LogP contribution in [0.1, 0.15) is 70.4 Å². The second-order valence-electron chi connectivity index (χ2n) is 12.1. The van der Waals surface area contributed by atoms with Crippen molar-refractivity contribution in [2.45, 2.75) is 84.9 Å². The second-order valence-corrected chi connectivity index (χ2v) is 26.3. The van der Waals surface area contributed by atoms with Crippen LogP contribution < -0.4 is 13.1 Å². The quantitative estimate of drug-likeness (QED) is 0.0735. The zero-order valence-electron chi connectivity index (χ0n) is 27.4. The molecular weight excluding hydrogens is 819 g/mol. The van der Waals surface area contributed by atoms with Gasteiger partial charge in [-0.15, -0.1) is 0 Å². The smallest absolute Gasteiger partial charge is 0.0616 e. The van der Waals surface area contributed by atoms with E-state index in [-0.39, 0.29) is 6.61 Å². The van der Waals surface area contributed by atoms with Gasteiger partial charge in [0.1, 0.15) is 0 Å². The fourth-order valence-corrected chi connectivity index (χ4v) is 23.3. The summed E-state index contributed by atoms with van der Waals surface area (Å²) in [5.74, 6) is 7.56. The summed E-state index contributed by atoms with van der Waals surface area (Å²) in [6, 6.07) is 23.2. The second kappa shape index (κ2) is 17.8. The summed E-state index contributed by atoms with van der Waals surface area (Å²) < 4.78 is 59.6. The SMILES string of the molecule is CCC[CH2][Sn]([CH2]CCC)([CH2]CCC)[c]1cc(C(F)(F)F)ccc1Oc1ccccc1C#CC(O)COc1ccc2ccccc2c1I. The molecule has 1 unspecified atom stereocenters. The van der Waals surface area contributed by atoms with Crippen molar-refractivity contribution in [1.82, 2.24) is 0 Å². The first-order valence-electron chi connectivity index (χ1n) is 16.6. The Morgan fingerprint density at radius 1 is 0.787 bits per heavy atom. The Morgan fingerprint density at radius 3 is 2.06 bits per heavy atom. The van der Waals surface area contributed by atoms with Gasteiger partial charge in [0.15, 0.2) is 0 Å². The number of benzene rings is 4. The first kappa shape index (κ1) is 37.4. The minimum absolute atomic E-state index is 0.0172. The van der Waals surface area contributed by atoms with Crippen LogP contribution in [0.2, 0.25) is 13.3 Å². The number of para-hydroxylation sites is 1. The van der Waals surface area contributed by atoms with Crippen LogP contribution in [0.15, 0.2) is 78.9 Å². The molecule has 0 radical (unpaired) electrons. The molecule has 0 bridgehead atoms. The van der Waals surface area contributed by atoms with Crippen LogP contribution in [-0.2, 0) is 6.18 Å². The number of rotatable bonds is 15. The average Bonchev–Trinajstić information content (AvgIpc) is 3.07. The summed E-state index contributed by atoms with van der Waals surface area (Å²) in [5, 5.41) is 12.9. The van der Waals surface area contributed by atoms with Crippen molar-refractivity contribution in [1.29, 1.82) is 0 Å². The number of ether oxygens (including phenoxy) is 2. The Bertz CT molecular complexity index is 1660.